The van der Waals surface area contributed by atoms with Crippen LogP contribution >= 0.6 is 12.2 Å². The number of carbonyl (C=O) groups is 1. The number of anilines is 2. The van der Waals surface area contributed by atoms with Crippen molar-refractivity contribution in [2.75, 3.05) is 63.7 Å². The molecule has 0 bridgehead atoms. The minimum absolute atomic E-state index is 0.234. The van der Waals surface area contributed by atoms with Crippen LogP contribution in [-0.4, -0.2) is 89.3 Å². The summed E-state index contributed by atoms with van der Waals surface area (Å²) < 4.78 is 7.64. The Morgan fingerprint density at radius 3 is 2.42 bits per heavy atom. The third-order valence-electron chi connectivity index (χ3n) is 6.68. The quantitative estimate of drug-likeness (QED) is 0.456. The van der Waals surface area contributed by atoms with E-state index in [-0.39, 0.29) is 12.1 Å². The van der Waals surface area contributed by atoms with Gasteiger partial charge in [-0.15, -0.1) is 0 Å². The van der Waals surface area contributed by atoms with Crippen molar-refractivity contribution in [2.24, 2.45) is 0 Å². The fraction of sp³-hybridized carbons (Fsp3) is 0.458. The SMILES string of the molecule is CNC(=O)Nc1ccc(-c2nc(N3CCOCC3)c3cnn(C4CCN(C(=S)NC)CC4)c3n2)cc1. The van der Waals surface area contributed by atoms with Crippen LogP contribution in [0.1, 0.15) is 18.9 Å². The van der Waals surface area contributed by atoms with Crippen LogP contribution in [0.2, 0.25) is 0 Å². The average Bonchev–Trinajstić information content (AvgIpc) is 3.37. The third-order valence-corrected chi connectivity index (χ3v) is 7.15. The number of aromatic nitrogens is 4. The molecule has 2 aliphatic rings. The van der Waals surface area contributed by atoms with Crippen molar-refractivity contribution in [2.45, 2.75) is 18.9 Å². The fourth-order valence-corrected chi connectivity index (χ4v) is 4.87. The van der Waals surface area contributed by atoms with Gasteiger partial charge in [-0.05, 0) is 49.3 Å². The molecule has 0 spiro atoms. The van der Waals surface area contributed by atoms with Crippen molar-refractivity contribution < 1.29 is 9.53 Å². The average molecular weight is 510 g/mol. The number of carbonyl (C=O) groups excluding carboxylic acids is 1. The lowest BCUT2D eigenvalue weighted by atomic mass is 10.1. The summed E-state index contributed by atoms with van der Waals surface area (Å²) >= 11 is 5.42. The van der Waals surface area contributed by atoms with Gasteiger partial charge in [-0.2, -0.15) is 5.10 Å². The Bertz CT molecular complexity index is 1230. The van der Waals surface area contributed by atoms with Gasteiger partial charge in [0.1, 0.15) is 5.82 Å². The molecule has 2 fully saturated rings. The van der Waals surface area contributed by atoms with Gasteiger partial charge in [0.05, 0.1) is 30.8 Å². The highest BCUT2D eigenvalue weighted by Gasteiger charge is 2.26. The smallest absolute Gasteiger partial charge is 0.318 e. The monoisotopic (exact) mass is 509 g/mol. The van der Waals surface area contributed by atoms with Crippen molar-refractivity contribution in [3.05, 3.63) is 30.5 Å². The Balaban J connectivity index is 1.50. The summed E-state index contributed by atoms with van der Waals surface area (Å²) in [6, 6.07) is 7.52. The van der Waals surface area contributed by atoms with Crippen LogP contribution in [0.5, 0.6) is 0 Å². The molecule has 1 aromatic carbocycles. The van der Waals surface area contributed by atoms with Crippen LogP contribution in [0, 0.1) is 0 Å². The molecule has 2 aliphatic heterocycles. The summed E-state index contributed by atoms with van der Waals surface area (Å²) in [5, 5.41) is 14.9. The predicted molar refractivity (Wildman–Crippen MR) is 143 cm³/mol. The zero-order valence-corrected chi connectivity index (χ0v) is 21.3. The minimum atomic E-state index is -0.263. The Morgan fingerprint density at radius 2 is 1.75 bits per heavy atom. The number of thiocarbonyl (C=S) groups is 1. The van der Waals surface area contributed by atoms with Crippen LogP contribution in [0.15, 0.2) is 30.5 Å². The second-order valence-electron chi connectivity index (χ2n) is 8.85. The van der Waals surface area contributed by atoms with E-state index < -0.39 is 0 Å². The van der Waals surface area contributed by atoms with Crippen LogP contribution in [0.3, 0.4) is 0 Å². The molecule has 0 aliphatic carbocycles. The number of ether oxygens (including phenoxy) is 1. The van der Waals surface area contributed by atoms with E-state index in [0.717, 1.165) is 66.5 Å². The first-order chi connectivity index (χ1) is 17.6. The number of rotatable bonds is 4. The highest BCUT2D eigenvalue weighted by atomic mass is 32.1. The topological polar surface area (TPSA) is 112 Å². The molecule has 2 amide bonds. The summed E-state index contributed by atoms with van der Waals surface area (Å²) in [5.74, 6) is 1.51. The van der Waals surface area contributed by atoms with Crippen molar-refractivity contribution in [3.63, 3.8) is 0 Å². The molecule has 3 N–H and O–H groups in total. The zero-order valence-electron chi connectivity index (χ0n) is 20.5. The molecule has 2 aromatic heterocycles. The molecular weight excluding hydrogens is 478 g/mol. The van der Waals surface area contributed by atoms with E-state index in [1.54, 1.807) is 7.05 Å². The Labute approximate surface area is 215 Å². The molecule has 0 atom stereocenters. The summed E-state index contributed by atoms with van der Waals surface area (Å²) in [7, 11) is 3.45. The van der Waals surface area contributed by atoms with Crippen LogP contribution in [0.4, 0.5) is 16.3 Å². The maximum Gasteiger partial charge on any atom is 0.318 e. The van der Waals surface area contributed by atoms with Crippen LogP contribution < -0.4 is 20.9 Å². The normalized spacial score (nSPS) is 16.7. The molecule has 4 heterocycles. The fourth-order valence-electron chi connectivity index (χ4n) is 4.69. The van der Waals surface area contributed by atoms with Crippen molar-refractivity contribution >= 4 is 45.9 Å². The van der Waals surface area contributed by atoms with E-state index in [1.165, 1.54) is 0 Å². The number of urea groups is 1. The number of morpholine rings is 1. The minimum Gasteiger partial charge on any atom is -0.378 e. The lowest BCUT2D eigenvalue weighted by Gasteiger charge is -2.33. The standard InChI is InChI=1S/C24H31N9O2S/c1-25-23(34)28-17-5-3-16(4-6-17)20-29-21(31-11-13-35-14-12-31)19-15-27-33(22(19)30-20)18-7-9-32(10-8-18)24(36)26-2/h3-6,15,18H,7-14H2,1-2H3,(H,26,36)(H2,25,28,34). The van der Waals surface area contributed by atoms with E-state index in [0.29, 0.717) is 24.7 Å². The largest absolute Gasteiger partial charge is 0.378 e. The summed E-state index contributed by atoms with van der Waals surface area (Å²) in [5.41, 5.74) is 2.41. The Morgan fingerprint density at radius 1 is 1.03 bits per heavy atom. The lowest BCUT2D eigenvalue weighted by Crippen LogP contribution is -2.43. The number of nitrogens with one attached hydrogen (secondary N) is 3. The van der Waals surface area contributed by atoms with Crippen molar-refractivity contribution in [3.8, 4) is 11.4 Å². The molecule has 3 aromatic rings. The van der Waals surface area contributed by atoms with Gasteiger partial charge in [-0.3, -0.25) is 0 Å². The molecule has 5 rings (SSSR count). The van der Waals surface area contributed by atoms with Gasteiger partial charge in [0.2, 0.25) is 0 Å². The molecule has 36 heavy (non-hydrogen) atoms. The molecule has 2 saturated heterocycles. The second-order valence-corrected chi connectivity index (χ2v) is 9.24. The second kappa shape index (κ2) is 10.6. The summed E-state index contributed by atoms with van der Waals surface area (Å²) in [6.07, 6.45) is 3.76. The van der Waals surface area contributed by atoms with Crippen LogP contribution in [0.25, 0.3) is 22.4 Å². The van der Waals surface area contributed by atoms with Gasteiger partial charge in [0.15, 0.2) is 16.6 Å². The predicted octanol–water partition coefficient (Wildman–Crippen LogP) is 2.22. The number of likely N-dealkylation sites (tertiary alicyclic amines) is 1. The number of hydrogen-bond acceptors (Lipinski definition) is 7. The zero-order chi connectivity index (χ0) is 25.1. The molecule has 12 heteroatoms. The Hall–Kier alpha value is -3.51. The van der Waals surface area contributed by atoms with E-state index >= 15 is 0 Å². The van der Waals surface area contributed by atoms with Crippen molar-refractivity contribution in [1.29, 1.82) is 0 Å². The summed E-state index contributed by atoms with van der Waals surface area (Å²) in [4.78, 5) is 26.1. The molecule has 0 saturated carbocycles. The van der Waals surface area contributed by atoms with Crippen molar-refractivity contribution in [1.82, 2.24) is 35.3 Å². The first-order valence-electron chi connectivity index (χ1n) is 12.2. The number of benzene rings is 1. The van der Waals surface area contributed by atoms with E-state index in [9.17, 15) is 4.79 Å². The van der Waals surface area contributed by atoms with Gasteiger partial charge in [-0.1, -0.05) is 0 Å². The maximum absolute atomic E-state index is 11.6. The molecule has 0 unspecified atom stereocenters. The number of piperidine rings is 1. The highest BCUT2D eigenvalue weighted by molar-refractivity contribution is 7.80. The van der Waals surface area contributed by atoms with E-state index in [4.69, 9.17) is 32.0 Å². The van der Waals surface area contributed by atoms with Gasteiger partial charge < -0.3 is 30.5 Å². The Kier molecular flexibility index (Phi) is 7.14. The van der Waals surface area contributed by atoms with Gasteiger partial charge in [-0.25, -0.2) is 19.4 Å². The molecule has 0 radical (unpaired) electrons. The maximum atomic E-state index is 11.6. The molecule has 11 nitrogen and oxygen atoms in total. The van der Waals surface area contributed by atoms with Gasteiger partial charge in [0.25, 0.3) is 0 Å². The number of amides is 2. The molecular formula is C24H31N9O2S. The number of fused-ring (bicyclic) bond motifs is 1. The lowest BCUT2D eigenvalue weighted by molar-refractivity contribution is 0.122. The van der Waals surface area contributed by atoms with Crippen LogP contribution in [-0.2, 0) is 4.74 Å². The van der Waals surface area contributed by atoms with E-state index in [1.807, 2.05) is 37.5 Å². The first kappa shape index (κ1) is 24.2. The van der Waals surface area contributed by atoms with E-state index in [2.05, 4.69) is 30.4 Å². The van der Waals surface area contributed by atoms with Gasteiger partial charge in [0, 0.05) is 51.5 Å². The molecule has 190 valence electrons. The number of nitrogens with zero attached hydrogens (tertiary/aromatic N) is 6. The summed E-state index contributed by atoms with van der Waals surface area (Å²) in [6.45, 7) is 4.62. The first-order valence-corrected chi connectivity index (χ1v) is 12.6. The third kappa shape index (κ3) is 4.91. The van der Waals surface area contributed by atoms with Gasteiger partial charge >= 0.3 is 6.03 Å². The number of hydrogen-bond donors (Lipinski definition) is 3. The highest BCUT2D eigenvalue weighted by Crippen LogP contribution is 2.32.